The van der Waals surface area contributed by atoms with Crippen LogP contribution in [0.4, 0.5) is 10.5 Å². The predicted molar refractivity (Wildman–Crippen MR) is 125 cm³/mol. The van der Waals surface area contributed by atoms with Gasteiger partial charge in [-0.05, 0) is 24.5 Å². The van der Waals surface area contributed by atoms with E-state index in [1.54, 1.807) is 13.1 Å². The van der Waals surface area contributed by atoms with Crippen molar-refractivity contribution < 1.29 is 53.8 Å². The third-order valence-electron chi connectivity index (χ3n) is 6.24. The Morgan fingerprint density at radius 2 is 1.92 bits per heavy atom. The summed E-state index contributed by atoms with van der Waals surface area (Å²) in [6.45, 7) is 1.55. The number of ether oxygens (including phenoxy) is 3. The molecule has 13 heteroatoms. The Morgan fingerprint density at radius 1 is 1.24 bits per heavy atom. The molecule has 4 N–H and O–H groups in total. The van der Waals surface area contributed by atoms with E-state index in [0.717, 1.165) is 6.92 Å². The number of aliphatic hydroxyl groups is 2. The van der Waals surface area contributed by atoms with Gasteiger partial charge in [-0.3, -0.25) is 19.3 Å². The summed E-state index contributed by atoms with van der Waals surface area (Å²) in [6, 6.07) is 4.17. The summed E-state index contributed by atoms with van der Waals surface area (Å²) < 4.78 is 16.2. The van der Waals surface area contributed by atoms with Gasteiger partial charge in [-0.1, -0.05) is 12.0 Å². The molecule has 13 nitrogen and oxygen atoms in total. The van der Waals surface area contributed by atoms with Crippen molar-refractivity contribution in [2.75, 3.05) is 31.6 Å². The molecule has 200 valence electrons. The molecule has 0 aromatic heterocycles. The van der Waals surface area contributed by atoms with Crippen molar-refractivity contribution in [2.24, 2.45) is 5.92 Å². The molecule has 2 saturated heterocycles. The first-order valence-electron chi connectivity index (χ1n) is 11.3. The van der Waals surface area contributed by atoms with Crippen LogP contribution in [0.3, 0.4) is 0 Å². The molecule has 0 saturated carbocycles. The third-order valence-corrected chi connectivity index (χ3v) is 6.24. The van der Waals surface area contributed by atoms with E-state index in [1.807, 2.05) is 0 Å². The van der Waals surface area contributed by atoms with Gasteiger partial charge in [-0.25, -0.2) is 4.79 Å². The van der Waals surface area contributed by atoms with Crippen molar-refractivity contribution in [3.8, 4) is 18.1 Å². The van der Waals surface area contributed by atoms with Crippen LogP contribution < -0.4 is 9.64 Å². The van der Waals surface area contributed by atoms with Gasteiger partial charge >= 0.3 is 23.9 Å². The SMILES string of the molecule is C#C[C@@]1(OC(C)=O)[C@@H](COc2cc(N3CCCN(C)C3=O)ccc2CC(C(=O)O)C(=O)O)OC(O)[C@@H]1O. The highest BCUT2D eigenvalue weighted by molar-refractivity contribution is 5.94. The average Bonchev–Trinajstić information content (AvgIpc) is 3.07. The number of esters is 1. The number of anilines is 1. The minimum absolute atomic E-state index is 0.0132. The zero-order valence-electron chi connectivity index (χ0n) is 20.2. The molecule has 2 fully saturated rings. The van der Waals surface area contributed by atoms with E-state index in [-0.39, 0.29) is 17.3 Å². The van der Waals surface area contributed by atoms with Crippen LogP contribution in [0.5, 0.6) is 5.75 Å². The molecule has 0 aliphatic carbocycles. The molecule has 1 aromatic rings. The lowest BCUT2D eigenvalue weighted by Crippen LogP contribution is -2.52. The molecular formula is C24H28N2O11. The Balaban J connectivity index is 1.96. The monoisotopic (exact) mass is 520 g/mol. The Bertz CT molecular complexity index is 1100. The second-order valence-electron chi connectivity index (χ2n) is 8.74. The number of carboxylic acid groups (broad SMARTS) is 2. The number of urea groups is 1. The summed E-state index contributed by atoms with van der Waals surface area (Å²) in [7, 11) is 1.65. The van der Waals surface area contributed by atoms with E-state index in [1.165, 1.54) is 21.9 Å². The molecule has 0 spiro atoms. The summed E-state index contributed by atoms with van der Waals surface area (Å²) in [5.41, 5.74) is -1.48. The number of hydrogen-bond donors (Lipinski definition) is 4. The normalized spacial score (nSPS) is 25.6. The highest BCUT2D eigenvalue weighted by Gasteiger charge is 2.58. The lowest BCUT2D eigenvalue weighted by molar-refractivity contribution is -0.163. The van der Waals surface area contributed by atoms with Gasteiger partial charge in [0.25, 0.3) is 0 Å². The van der Waals surface area contributed by atoms with Gasteiger partial charge in [0.15, 0.2) is 18.3 Å². The van der Waals surface area contributed by atoms with Crippen LogP contribution in [0.1, 0.15) is 18.9 Å². The molecule has 4 atom stereocenters. The van der Waals surface area contributed by atoms with E-state index >= 15 is 0 Å². The second kappa shape index (κ2) is 11.0. The molecule has 0 bridgehead atoms. The molecule has 2 aliphatic rings. The molecule has 3 rings (SSSR count). The molecule has 1 aromatic carbocycles. The Kier molecular flexibility index (Phi) is 8.27. The first-order valence-corrected chi connectivity index (χ1v) is 11.3. The van der Waals surface area contributed by atoms with Crippen LogP contribution in [0.15, 0.2) is 18.2 Å². The van der Waals surface area contributed by atoms with Crippen molar-refractivity contribution in [3.05, 3.63) is 23.8 Å². The first kappa shape index (κ1) is 27.7. The molecule has 0 radical (unpaired) electrons. The maximum atomic E-state index is 12.7. The summed E-state index contributed by atoms with van der Waals surface area (Å²) in [4.78, 5) is 50.3. The van der Waals surface area contributed by atoms with E-state index in [0.29, 0.717) is 25.2 Å². The van der Waals surface area contributed by atoms with Crippen LogP contribution in [0.2, 0.25) is 0 Å². The standard InChI is InChI=1S/C24H28N2O11/c1-4-24(37-13(2)27)18(36-22(33)19(24)28)12-35-17-11-15(26-9-5-8-25(3)23(26)34)7-6-14(17)10-16(20(29)30)21(31)32/h1,6-7,11,16,18-19,22,28,33H,5,8-10,12H2,2-3H3,(H,29,30)(H,31,32)/t18-,19+,22?,24-/m1/s1. The number of carboxylic acids is 2. The molecule has 2 heterocycles. The number of hydrogen-bond acceptors (Lipinski definition) is 9. The summed E-state index contributed by atoms with van der Waals surface area (Å²) in [6.07, 6.45) is 0.847. The van der Waals surface area contributed by atoms with Crippen molar-refractivity contribution in [1.82, 2.24) is 4.90 Å². The predicted octanol–water partition coefficient (Wildman–Crippen LogP) is -0.332. The van der Waals surface area contributed by atoms with E-state index < -0.39 is 61.0 Å². The minimum atomic E-state index is -2.08. The molecule has 2 amide bonds. The quantitative estimate of drug-likeness (QED) is 0.190. The van der Waals surface area contributed by atoms with Crippen LogP contribution in [-0.2, 0) is 30.3 Å². The van der Waals surface area contributed by atoms with Gasteiger partial charge in [0.05, 0.1) is 0 Å². The van der Waals surface area contributed by atoms with Crippen LogP contribution in [0, 0.1) is 18.3 Å². The van der Waals surface area contributed by atoms with Crippen molar-refractivity contribution in [3.63, 3.8) is 0 Å². The van der Waals surface area contributed by atoms with E-state index in [9.17, 15) is 39.6 Å². The third kappa shape index (κ3) is 5.61. The van der Waals surface area contributed by atoms with Crippen LogP contribution in [0.25, 0.3) is 0 Å². The fourth-order valence-corrected chi connectivity index (χ4v) is 4.26. The topological polar surface area (TPSA) is 183 Å². The average molecular weight is 520 g/mol. The summed E-state index contributed by atoms with van der Waals surface area (Å²) >= 11 is 0. The van der Waals surface area contributed by atoms with Gasteiger partial charge in [0.1, 0.15) is 18.5 Å². The molecule has 37 heavy (non-hydrogen) atoms. The maximum Gasteiger partial charge on any atom is 0.324 e. The minimum Gasteiger partial charge on any atom is -0.490 e. The number of rotatable bonds is 9. The van der Waals surface area contributed by atoms with Gasteiger partial charge in [-0.2, -0.15) is 0 Å². The number of amides is 2. The Labute approximate surface area is 212 Å². The molecule has 2 aliphatic heterocycles. The fourth-order valence-electron chi connectivity index (χ4n) is 4.26. The largest absolute Gasteiger partial charge is 0.490 e. The van der Waals surface area contributed by atoms with Gasteiger partial charge in [0.2, 0.25) is 5.60 Å². The van der Waals surface area contributed by atoms with Crippen LogP contribution in [-0.4, -0.2) is 100 Å². The highest BCUT2D eigenvalue weighted by Crippen LogP contribution is 2.36. The van der Waals surface area contributed by atoms with Crippen molar-refractivity contribution >= 4 is 29.6 Å². The lowest BCUT2D eigenvalue weighted by atomic mass is 9.93. The zero-order valence-corrected chi connectivity index (χ0v) is 20.2. The number of aliphatic carboxylic acids is 2. The number of carbonyl (C=O) groups excluding carboxylic acids is 2. The second-order valence-corrected chi connectivity index (χ2v) is 8.74. The number of benzene rings is 1. The van der Waals surface area contributed by atoms with E-state index in [2.05, 4.69) is 5.92 Å². The van der Waals surface area contributed by atoms with Gasteiger partial charge < -0.3 is 39.5 Å². The van der Waals surface area contributed by atoms with Gasteiger partial charge in [-0.15, -0.1) is 6.42 Å². The fraction of sp³-hybridized carbons (Fsp3) is 0.500. The lowest BCUT2D eigenvalue weighted by Gasteiger charge is -2.34. The summed E-state index contributed by atoms with van der Waals surface area (Å²) in [5.74, 6) is -3.57. The first-order chi connectivity index (χ1) is 17.4. The van der Waals surface area contributed by atoms with E-state index in [4.69, 9.17) is 20.6 Å². The Hall–Kier alpha value is -3.86. The zero-order chi connectivity index (χ0) is 27.5. The maximum absolute atomic E-state index is 12.7. The smallest absolute Gasteiger partial charge is 0.324 e. The number of carbonyl (C=O) groups is 4. The molecular weight excluding hydrogens is 492 g/mol. The van der Waals surface area contributed by atoms with Gasteiger partial charge in [0, 0.05) is 38.8 Å². The molecule has 1 unspecified atom stereocenters. The summed E-state index contributed by atoms with van der Waals surface area (Å²) in [5, 5.41) is 39.0. The Morgan fingerprint density at radius 3 is 2.51 bits per heavy atom. The van der Waals surface area contributed by atoms with Crippen LogP contribution >= 0.6 is 0 Å². The number of nitrogens with zero attached hydrogens (tertiary/aromatic N) is 2. The van der Waals surface area contributed by atoms with Crippen molar-refractivity contribution in [1.29, 1.82) is 0 Å². The van der Waals surface area contributed by atoms with Crippen molar-refractivity contribution in [2.45, 2.75) is 43.9 Å². The number of aliphatic hydroxyl groups excluding tert-OH is 2. The highest BCUT2D eigenvalue weighted by atomic mass is 16.7. The number of terminal acetylenes is 1.